The second-order valence-corrected chi connectivity index (χ2v) is 4.97. The van der Waals surface area contributed by atoms with Crippen molar-refractivity contribution in [2.24, 2.45) is 5.73 Å². The number of rotatable bonds is 6. The molecule has 2 heteroatoms. The number of nitrogens with two attached hydrogens (primary N) is 1. The number of hydrogen-bond donors (Lipinski definition) is 1. The molecule has 0 aliphatic heterocycles. The largest absolute Gasteiger partial charge is 0.370 e. The normalized spacial score (nSPS) is 17.1. The van der Waals surface area contributed by atoms with Crippen molar-refractivity contribution in [1.29, 1.82) is 0 Å². The molecule has 1 aromatic rings. The Morgan fingerprint density at radius 2 is 1.94 bits per heavy atom. The van der Waals surface area contributed by atoms with Crippen LogP contribution in [0.4, 0.5) is 5.69 Å². The zero-order valence-corrected chi connectivity index (χ0v) is 10.2. The van der Waals surface area contributed by atoms with E-state index in [-0.39, 0.29) is 5.54 Å². The molecular weight excluding hydrogens is 196 g/mol. The molecule has 0 saturated heterocycles. The predicted molar refractivity (Wildman–Crippen MR) is 69.7 cm³/mol. The summed E-state index contributed by atoms with van der Waals surface area (Å²) in [6, 6.07) is 10.6. The molecule has 0 bridgehead atoms. The first-order valence-corrected chi connectivity index (χ1v) is 6.32. The molecule has 1 aliphatic rings. The SMILES string of the molecule is CCCCN(CC1(N)CC1)c1ccccc1. The highest BCUT2D eigenvalue weighted by Crippen LogP contribution is 2.34. The molecule has 1 aromatic carbocycles. The molecule has 0 heterocycles. The van der Waals surface area contributed by atoms with Crippen molar-refractivity contribution in [1.82, 2.24) is 0 Å². The Morgan fingerprint density at radius 1 is 1.25 bits per heavy atom. The Balaban J connectivity index is 2.02. The average Bonchev–Trinajstić information content (AvgIpc) is 3.04. The van der Waals surface area contributed by atoms with Crippen molar-refractivity contribution in [3.05, 3.63) is 30.3 Å². The second kappa shape index (κ2) is 4.88. The molecule has 1 aliphatic carbocycles. The Hall–Kier alpha value is -1.02. The van der Waals surface area contributed by atoms with E-state index in [1.807, 2.05) is 0 Å². The Bertz CT molecular complexity index is 317. The molecule has 0 aromatic heterocycles. The van der Waals surface area contributed by atoms with Gasteiger partial charge in [0.05, 0.1) is 0 Å². The highest BCUT2D eigenvalue weighted by Gasteiger charge is 2.39. The van der Waals surface area contributed by atoms with Crippen molar-refractivity contribution in [2.45, 2.75) is 38.1 Å². The maximum Gasteiger partial charge on any atom is 0.0366 e. The molecular formula is C14H22N2. The number of hydrogen-bond acceptors (Lipinski definition) is 2. The van der Waals surface area contributed by atoms with Crippen LogP contribution in [0.15, 0.2) is 30.3 Å². The average molecular weight is 218 g/mol. The van der Waals surface area contributed by atoms with Gasteiger partial charge in [0.15, 0.2) is 0 Å². The number of para-hydroxylation sites is 1. The van der Waals surface area contributed by atoms with Gasteiger partial charge in [-0.05, 0) is 31.4 Å². The van der Waals surface area contributed by atoms with Crippen molar-refractivity contribution < 1.29 is 0 Å². The smallest absolute Gasteiger partial charge is 0.0366 e. The summed E-state index contributed by atoms with van der Waals surface area (Å²) < 4.78 is 0. The minimum atomic E-state index is 0.101. The summed E-state index contributed by atoms with van der Waals surface area (Å²) >= 11 is 0. The first-order chi connectivity index (χ1) is 7.73. The summed E-state index contributed by atoms with van der Waals surface area (Å²) in [5, 5.41) is 0. The van der Waals surface area contributed by atoms with Gasteiger partial charge in [-0.25, -0.2) is 0 Å². The van der Waals surface area contributed by atoms with Gasteiger partial charge in [-0.1, -0.05) is 31.5 Å². The summed E-state index contributed by atoms with van der Waals surface area (Å²) in [5.74, 6) is 0. The topological polar surface area (TPSA) is 29.3 Å². The van der Waals surface area contributed by atoms with Gasteiger partial charge in [0.25, 0.3) is 0 Å². The number of unbranched alkanes of at least 4 members (excludes halogenated alkanes) is 1. The summed E-state index contributed by atoms with van der Waals surface area (Å²) in [7, 11) is 0. The number of nitrogens with zero attached hydrogens (tertiary/aromatic N) is 1. The van der Waals surface area contributed by atoms with E-state index in [1.165, 1.54) is 31.4 Å². The fourth-order valence-corrected chi connectivity index (χ4v) is 1.99. The minimum absolute atomic E-state index is 0.101. The summed E-state index contributed by atoms with van der Waals surface area (Å²) in [6.07, 6.45) is 4.84. The molecule has 0 radical (unpaired) electrons. The van der Waals surface area contributed by atoms with Gasteiger partial charge in [0.2, 0.25) is 0 Å². The molecule has 1 saturated carbocycles. The van der Waals surface area contributed by atoms with Crippen molar-refractivity contribution >= 4 is 5.69 Å². The Kier molecular flexibility index (Phi) is 3.49. The van der Waals surface area contributed by atoms with Gasteiger partial charge < -0.3 is 10.6 Å². The Morgan fingerprint density at radius 3 is 2.50 bits per heavy atom. The van der Waals surface area contributed by atoms with E-state index in [1.54, 1.807) is 0 Å². The van der Waals surface area contributed by atoms with E-state index in [2.05, 4.69) is 42.2 Å². The summed E-state index contributed by atoms with van der Waals surface area (Å²) in [6.45, 7) is 4.37. The van der Waals surface area contributed by atoms with Gasteiger partial charge in [0.1, 0.15) is 0 Å². The molecule has 0 amide bonds. The predicted octanol–water partition coefficient (Wildman–Crippen LogP) is 2.78. The van der Waals surface area contributed by atoms with E-state index in [0.29, 0.717) is 0 Å². The minimum Gasteiger partial charge on any atom is -0.370 e. The van der Waals surface area contributed by atoms with Crippen LogP contribution >= 0.6 is 0 Å². The lowest BCUT2D eigenvalue weighted by Crippen LogP contribution is -2.40. The second-order valence-electron chi connectivity index (χ2n) is 4.97. The third kappa shape index (κ3) is 2.99. The molecule has 88 valence electrons. The van der Waals surface area contributed by atoms with E-state index in [0.717, 1.165) is 13.1 Å². The maximum atomic E-state index is 6.21. The Labute approximate surface area is 98.4 Å². The monoisotopic (exact) mass is 218 g/mol. The standard InChI is InChI=1S/C14H22N2/c1-2-3-11-16(12-14(15)9-10-14)13-7-5-4-6-8-13/h4-8H,2-3,9-12,15H2,1H3. The van der Waals surface area contributed by atoms with E-state index in [4.69, 9.17) is 5.73 Å². The van der Waals surface area contributed by atoms with Crippen LogP contribution in [0.2, 0.25) is 0 Å². The van der Waals surface area contributed by atoms with Crippen LogP contribution in [-0.4, -0.2) is 18.6 Å². The molecule has 2 rings (SSSR count). The molecule has 2 nitrogen and oxygen atoms in total. The van der Waals surface area contributed by atoms with Crippen LogP contribution < -0.4 is 10.6 Å². The molecule has 0 spiro atoms. The number of benzene rings is 1. The quantitative estimate of drug-likeness (QED) is 0.795. The first kappa shape index (κ1) is 11.5. The molecule has 0 unspecified atom stereocenters. The van der Waals surface area contributed by atoms with Gasteiger partial charge in [-0.15, -0.1) is 0 Å². The molecule has 0 atom stereocenters. The van der Waals surface area contributed by atoms with Crippen LogP contribution in [0.25, 0.3) is 0 Å². The zero-order valence-electron chi connectivity index (χ0n) is 10.2. The lowest BCUT2D eigenvalue weighted by Gasteiger charge is -2.27. The lowest BCUT2D eigenvalue weighted by atomic mass is 10.2. The van der Waals surface area contributed by atoms with E-state index in [9.17, 15) is 0 Å². The number of anilines is 1. The third-order valence-corrected chi connectivity index (χ3v) is 3.30. The van der Waals surface area contributed by atoms with Crippen LogP contribution in [-0.2, 0) is 0 Å². The molecule has 1 fully saturated rings. The zero-order chi connectivity index (χ0) is 11.4. The van der Waals surface area contributed by atoms with E-state index < -0.39 is 0 Å². The maximum absolute atomic E-state index is 6.21. The van der Waals surface area contributed by atoms with E-state index >= 15 is 0 Å². The van der Waals surface area contributed by atoms with Crippen LogP contribution in [0.5, 0.6) is 0 Å². The van der Waals surface area contributed by atoms with Crippen LogP contribution in [0.1, 0.15) is 32.6 Å². The molecule has 16 heavy (non-hydrogen) atoms. The van der Waals surface area contributed by atoms with Gasteiger partial charge in [-0.2, -0.15) is 0 Å². The van der Waals surface area contributed by atoms with Gasteiger partial charge in [0, 0.05) is 24.3 Å². The first-order valence-electron chi connectivity index (χ1n) is 6.32. The van der Waals surface area contributed by atoms with Gasteiger partial charge >= 0.3 is 0 Å². The van der Waals surface area contributed by atoms with Crippen molar-refractivity contribution in [3.8, 4) is 0 Å². The van der Waals surface area contributed by atoms with Crippen molar-refractivity contribution in [3.63, 3.8) is 0 Å². The van der Waals surface area contributed by atoms with Crippen LogP contribution in [0, 0.1) is 0 Å². The molecule has 2 N–H and O–H groups in total. The lowest BCUT2D eigenvalue weighted by molar-refractivity contribution is 0.613. The summed E-state index contributed by atoms with van der Waals surface area (Å²) in [4.78, 5) is 2.44. The van der Waals surface area contributed by atoms with Crippen molar-refractivity contribution in [2.75, 3.05) is 18.0 Å². The fraction of sp³-hybridized carbons (Fsp3) is 0.571. The van der Waals surface area contributed by atoms with Gasteiger partial charge in [-0.3, -0.25) is 0 Å². The highest BCUT2D eigenvalue weighted by atomic mass is 15.2. The highest BCUT2D eigenvalue weighted by molar-refractivity contribution is 5.46. The fourth-order valence-electron chi connectivity index (χ4n) is 1.99. The summed E-state index contributed by atoms with van der Waals surface area (Å²) in [5.41, 5.74) is 7.63. The van der Waals surface area contributed by atoms with Crippen LogP contribution in [0.3, 0.4) is 0 Å². The third-order valence-electron chi connectivity index (χ3n) is 3.30.